The predicted molar refractivity (Wildman–Crippen MR) is 105 cm³/mol. The van der Waals surface area contributed by atoms with Crippen molar-refractivity contribution in [2.75, 3.05) is 0 Å². The van der Waals surface area contributed by atoms with Gasteiger partial charge in [-0.15, -0.1) is 0 Å². The van der Waals surface area contributed by atoms with Gasteiger partial charge in [0.1, 0.15) is 11.2 Å². The van der Waals surface area contributed by atoms with Crippen LogP contribution in [-0.4, -0.2) is 0 Å². The second-order valence-corrected chi connectivity index (χ2v) is 8.02. The fourth-order valence-electron chi connectivity index (χ4n) is 4.52. The fourth-order valence-corrected chi connectivity index (χ4v) is 4.52. The normalized spacial score (nSPS) is 15.1. The molecule has 0 fully saturated rings. The minimum atomic E-state index is 0.0139. The number of rotatable bonds is 1. The maximum atomic E-state index is 6.54. The zero-order valence-electron chi connectivity index (χ0n) is 15.2. The summed E-state index contributed by atoms with van der Waals surface area (Å²) in [5.74, 6) is 0.445. The Kier molecular flexibility index (Phi) is 2.81. The minimum Gasteiger partial charge on any atom is -0.455 e. The molecule has 1 heteroatoms. The van der Waals surface area contributed by atoms with E-state index < -0.39 is 0 Å². The molecule has 0 radical (unpaired) electrons. The van der Waals surface area contributed by atoms with Crippen LogP contribution in [0.1, 0.15) is 50.3 Å². The van der Waals surface area contributed by atoms with Gasteiger partial charge in [0.25, 0.3) is 0 Å². The van der Waals surface area contributed by atoms with Gasteiger partial charge in [-0.1, -0.05) is 82.3 Å². The van der Waals surface area contributed by atoms with Gasteiger partial charge in [-0.25, -0.2) is 0 Å². The third kappa shape index (κ3) is 1.79. The summed E-state index contributed by atoms with van der Waals surface area (Å²) in [5.41, 5.74) is 8.74. The molecule has 1 nitrogen and oxygen atoms in total. The molecule has 0 unspecified atom stereocenters. The number of benzene rings is 3. The third-order valence-corrected chi connectivity index (χ3v) is 5.86. The zero-order valence-corrected chi connectivity index (χ0v) is 15.2. The van der Waals surface area contributed by atoms with E-state index in [0.29, 0.717) is 5.92 Å². The molecule has 1 aliphatic carbocycles. The van der Waals surface area contributed by atoms with Gasteiger partial charge in [0.15, 0.2) is 0 Å². The summed E-state index contributed by atoms with van der Waals surface area (Å²) >= 11 is 0. The molecule has 0 saturated heterocycles. The lowest BCUT2D eigenvalue weighted by Crippen LogP contribution is -2.14. The van der Waals surface area contributed by atoms with Crippen LogP contribution in [0.2, 0.25) is 0 Å². The molecule has 1 aromatic heterocycles. The van der Waals surface area contributed by atoms with Gasteiger partial charge in [0, 0.05) is 21.8 Å². The van der Waals surface area contributed by atoms with E-state index in [1.165, 1.54) is 38.6 Å². The molecule has 0 aliphatic heterocycles. The minimum absolute atomic E-state index is 0.0139. The first-order valence-corrected chi connectivity index (χ1v) is 9.08. The van der Waals surface area contributed by atoms with Crippen molar-refractivity contribution >= 4 is 21.9 Å². The quantitative estimate of drug-likeness (QED) is 0.366. The maximum absolute atomic E-state index is 6.54. The second-order valence-electron chi connectivity index (χ2n) is 8.02. The van der Waals surface area contributed by atoms with E-state index in [-0.39, 0.29) is 5.41 Å². The molecule has 0 N–H and O–H groups in total. The number of fused-ring (bicyclic) bond motifs is 7. The van der Waals surface area contributed by atoms with Crippen LogP contribution in [0.3, 0.4) is 0 Å². The second kappa shape index (κ2) is 4.76. The zero-order chi connectivity index (χ0) is 17.3. The van der Waals surface area contributed by atoms with Gasteiger partial charge in [-0.05, 0) is 28.2 Å². The van der Waals surface area contributed by atoms with Gasteiger partial charge in [-0.3, -0.25) is 0 Å². The molecule has 0 amide bonds. The van der Waals surface area contributed by atoms with Crippen molar-refractivity contribution in [3.8, 4) is 11.1 Å². The van der Waals surface area contributed by atoms with Crippen LogP contribution < -0.4 is 0 Å². The van der Waals surface area contributed by atoms with Gasteiger partial charge in [-0.2, -0.15) is 0 Å². The summed E-state index contributed by atoms with van der Waals surface area (Å²) in [6.45, 7) is 9.08. The van der Waals surface area contributed by atoms with Crippen molar-refractivity contribution in [3.63, 3.8) is 0 Å². The van der Waals surface area contributed by atoms with Crippen molar-refractivity contribution < 1.29 is 4.42 Å². The SMILES string of the molecule is CC(C)c1cccc2c1oc1c3c(ccc12)C(C)(C)c1ccccc1-3. The van der Waals surface area contributed by atoms with Crippen LogP contribution in [0, 0.1) is 0 Å². The Morgan fingerprint density at radius 1 is 0.760 bits per heavy atom. The third-order valence-electron chi connectivity index (χ3n) is 5.86. The van der Waals surface area contributed by atoms with Crippen molar-refractivity contribution in [2.24, 2.45) is 0 Å². The monoisotopic (exact) mass is 326 g/mol. The Balaban J connectivity index is 1.97. The lowest BCUT2D eigenvalue weighted by molar-refractivity contribution is 0.648. The van der Waals surface area contributed by atoms with E-state index >= 15 is 0 Å². The molecular formula is C24H22O. The van der Waals surface area contributed by atoms with Crippen LogP contribution in [0.5, 0.6) is 0 Å². The van der Waals surface area contributed by atoms with Gasteiger partial charge >= 0.3 is 0 Å². The predicted octanol–water partition coefficient (Wildman–Crippen LogP) is 7.02. The summed E-state index contributed by atoms with van der Waals surface area (Å²) in [6.07, 6.45) is 0. The van der Waals surface area contributed by atoms with E-state index in [2.05, 4.69) is 82.3 Å². The van der Waals surface area contributed by atoms with Crippen molar-refractivity contribution in [1.82, 2.24) is 0 Å². The highest BCUT2D eigenvalue weighted by Crippen LogP contribution is 2.52. The molecule has 124 valence electrons. The Hall–Kier alpha value is -2.54. The maximum Gasteiger partial charge on any atom is 0.143 e. The van der Waals surface area contributed by atoms with Gasteiger partial charge < -0.3 is 4.42 Å². The summed E-state index contributed by atoms with van der Waals surface area (Å²) in [6, 6.07) is 19.8. The molecule has 3 aromatic carbocycles. The summed E-state index contributed by atoms with van der Waals surface area (Å²) in [7, 11) is 0. The molecule has 25 heavy (non-hydrogen) atoms. The highest BCUT2D eigenvalue weighted by Gasteiger charge is 2.37. The van der Waals surface area contributed by atoms with E-state index in [4.69, 9.17) is 4.42 Å². The Bertz CT molecular complexity index is 1140. The number of hydrogen-bond acceptors (Lipinski definition) is 1. The topological polar surface area (TPSA) is 13.1 Å². The number of para-hydroxylation sites is 1. The molecule has 0 saturated carbocycles. The van der Waals surface area contributed by atoms with Crippen LogP contribution in [0.4, 0.5) is 0 Å². The highest BCUT2D eigenvalue weighted by molar-refractivity contribution is 6.12. The van der Waals surface area contributed by atoms with Gasteiger partial charge in [0.2, 0.25) is 0 Å². The molecule has 0 bridgehead atoms. The number of furan rings is 1. The Morgan fingerprint density at radius 2 is 1.52 bits per heavy atom. The lowest BCUT2D eigenvalue weighted by Gasteiger charge is -2.21. The number of hydrogen-bond donors (Lipinski definition) is 0. The first-order chi connectivity index (χ1) is 12.0. The Labute approximate surface area is 148 Å². The standard InChI is InChI=1S/C24H22O/c1-14(2)15-9-7-10-16-17-12-13-20-21(23(17)25-22(15)16)18-8-5-6-11-19(18)24(20,3)4/h5-14H,1-4H3. The van der Waals surface area contributed by atoms with E-state index in [0.717, 1.165) is 11.2 Å². The van der Waals surface area contributed by atoms with Crippen LogP contribution in [0.15, 0.2) is 59.0 Å². The molecule has 1 aliphatic rings. The van der Waals surface area contributed by atoms with Crippen LogP contribution >= 0.6 is 0 Å². The first kappa shape index (κ1) is 14.8. The molecule has 0 atom stereocenters. The highest BCUT2D eigenvalue weighted by atomic mass is 16.3. The van der Waals surface area contributed by atoms with E-state index in [1.807, 2.05) is 0 Å². The molecule has 1 heterocycles. The summed E-state index contributed by atoms with van der Waals surface area (Å²) in [4.78, 5) is 0. The van der Waals surface area contributed by atoms with Crippen LogP contribution in [-0.2, 0) is 5.41 Å². The molecule has 5 rings (SSSR count). The first-order valence-electron chi connectivity index (χ1n) is 9.08. The molecule has 0 spiro atoms. The molecule has 4 aromatic rings. The van der Waals surface area contributed by atoms with Crippen molar-refractivity contribution in [2.45, 2.75) is 39.0 Å². The Morgan fingerprint density at radius 3 is 2.32 bits per heavy atom. The summed E-state index contributed by atoms with van der Waals surface area (Å²) < 4.78 is 6.54. The van der Waals surface area contributed by atoms with Crippen LogP contribution in [0.25, 0.3) is 33.1 Å². The summed E-state index contributed by atoms with van der Waals surface area (Å²) in [5, 5.41) is 2.45. The largest absolute Gasteiger partial charge is 0.455 e. The smallest absolute Gasteiger partial charge is 0.143 e. The average molecular weight is 326 g/mol. The van der Waals surface area contributed by atoms with E-state index in [9.17, 15) is 0 Å². The average Bonchev–Trinajstić information content (AvgIpc) is 3.09. The van der Waals surface area contributed by atoms with Crippen molar-refractivity contribution in [1.29, 1.82) is 0 Å². The fraction of sp³-hybridized carbons (Fsp3) is 0.250. The van der Waals surface area contributed by atoms with Crippen molar-refractivity contribution in [3.05, 3.63) is 71.3 Å². The van der Waals surface area contributed by atoms with E-state index in [1.54, 1.807) is 0 Å². The lowest BCUT2D eigenvalue weighted by atomic mass is 9.82. The molecular weight excluding hydrogens is 304 g/mol. The van der Waals surface area contributed by atoms with Gasteiger partial charge in [0.05, 0.1) is 0 Å².